The number of carbonyl (C=O) groups excluding carboxylic acids is 1. The van der Waals surface area contributed by atoms with Crippen LogP contribution in [0.3, 0.4) is 0 Å². The Kier molecular flexibility index (Phi) is 10.3. The van der Waals surface area contributed by atoms with Crippen LogP contribution in [0.1, 0.15) is 104 Å². The van der Waals surface area contributed by atoms with Gasteiger partial charge >= 0.3 is 0 Å². The summed E-state index contributed by atoms with van der Waals surface area (Å²) in [6, 6.07) is 2.26. The summed E-state index contributed by atoms with van der Waals surface area (Å²) in [5, 5.41) is 9.33. The van der Waals surface area contributed by atoms with Gasteiger partial charge in [-0.25, -0.2) is 0 Å². The lowest BCUT2D eigenvalue weighted by Gasteiger charge is -2.34. The predicted octanol–water partition coefficient (Wildman–Crippen LogP) is 6.69. The van der Waals surface area contributed by atoms with E-state index in [0.717, 1.165) is 36.9 Å². The summed E-state index contributed by atoms with van der Waals surface area (Å²) in [7, 11) is 0. The second-order valence-corrected chi connectivity index (χ2v) is 8.10. The van der Waals surface area contributed by atoms with Crippen molar-refractivity contribution in [2.45, 2.75) is 104 Å². The lowest BCUT2D eigenvalue weighted by Crippen LogP contribution is -2.23. The number of aldehydes is 1. The molecule has 0 aromatic carbocycles. The van der Waals surface area contributed by atoms with Crippen LogP contribution in [0.15, 0.2) is 0 Å². The van der Waals surface area contributed by atoms with E-state index in [9.17, 15) is 10.1 Å². The second-order valence-electron chi connectivity index (χ2n) is 8.10. The highest BCUT2D eigenvalue weighted by Crippen LogP contribution is 2.40. The van der Waals surface area contributed by atoms with Gasteiger partial charge in [0.15, 0.2) is 0 Å². The minimum absolute atomic E-state index is 0.648. The minimum atomic E-state index is -0.728. The molecule has 2 heteroatoms. The van der Waals surface area contributed by atoms with Gasteiger partial charge in [-0.1, -0.05) is 78.6 Å². The van der Waals surface area contributed by atoms with Crippen molar-refractivity contribution in [2.75, 3.05) is 0 Å². The molecule has 0 radical (unpaired) electrons. The highest BCUT2D eigenvalue weighted by Gasteiger charge is 2.30. The third-order valence-corrected chi connectivity index (χ3v) is 6.46. The van der Waals surface area contributed by atoms with Crippen LogP contribution in [-0.2, 0) is 4.79 Å². The van der Waals surface area contributed by atoms with Gasteiger partial charge in [0.1, 0.15) is 11.7 Å². The molecule has 0 spiro atoms. The quantitative estimate of drug-likeness (QED) is 0.373. The third kappa shape index (κ3) is 6.58. The highest BCUT2D eigenvalue weighted by atomic mass is 16.1. The fourth-order valence-corrected chi connectivity index (χ4v) is 4.60. The first-order valence-electron chi connectivity index (χ1n) is 10.5. The van der Waals surface area contributed by atoms with Crippen molar-refractivity contribution >= 4 is 6.29 Å². The van der Waals surface area contributed by atoms with E-state index in [1.54, 1.807) is 0 Å². The maximum atomic E-state index is 11.3. The van der Waals surface area contributed by atoms with E-state index >= 15 is 0 Å². The zero-order chi connectivity index (χ0) is 17.8. The van der Waals surface area contributed by atoms with Crippen LogP contribution < -0.4 is 0 Å². The van der Waals surface area contributed by atoms with E-state index in [1.165, 1.54) is 64.2 Å². The van der Waals surface area contributed by atoms with Crippen molar-refractivity contribution in [1.29, 1.82) is 5.26 Å². The molecule has 2 atom stereocenters. The second kappa shape index (κ2) is 11.7. The van der Waals surface area contributed by atoms with Crippen molar-refractivity contribution in [2.24, 2.45) is 23.2 Å². The van der Waals surface area contributed by atoms with Crippen molar-refractivity contribution in [3.05, 3.63) is 0 Å². The predicted molar refractivity (Wildman–Crippen MR) is 102 cm³/mol. The Labute approximate surface area is 150 Å². The lowest BCUT2D eigenvalue weighted by atomic mass is 9.71. The molecule has 0 N–H and O–H groups in total. The van der Waals surface area contributed by atoms with E-state index in [0.29, 0.717) is 6.42 Å². The highest BCUT2D eigenvalue weighted by molar-refractivity contribution is 5.63. The van der Waals surface area contributed by atoms with Gasteiger partial charge < -0.3 is 4.79 Å². The minimum Gasteiger partial charge on any atom is -0.302 e. The number of hydrogen-bond donors (Lipinski definition) is 0. The number of nitrogens with zero attached hydrogens (tertiary/aromatic N) is 1. The van der Waals surface area contributed by atoms with Crippen LogP contribution in [-0.4, -0.2) is 6.29 Å². The largest absolute Gasteiger partial charge is 0.302 e. The summed E-state index contributed by atoms with van der Waals surface area (Å²) < 4.78 is 0. The van der Waals surface area contributed by atoms with E-state index < -0.39 is 5.41 Å². The van der Waals surface area contributed by atoms with Gasteiger partial charge in [0.05, 0.1) is 6.07 Å². The van der Waals surface area contributed by atoms with E-state index in [4.69, 9.17) is 0 Å². The van der Waals surface area contributed by atoms with Crippen LogP contribution in [0.5, 0.6) is 0 Å². The van der Waals surface area contributed by atoms with Crippen LogP contribution in [0.4, 0.5) is 0 Å². The fourth-order valence-electron chi connectivity index (χ4n) is 4.60. The summed E-state index contributed by atoms with van der Waals surface area (Å²) in [6.07, 6.45) is 16.9. The van der Waals surface area contributed by atoms with E-state index in [2.05, 4.69) is 19.9 Å². The standard InChI is InChI=1S/C22H39NO/c1-4-7-10-20(11-8-16-22(6-3,17-23)18-24)21-14-12-19(9-5-2)13-15-21/h18-21H,4-16H2,1-3H3. The van der Waals surface area contributed by atoms with Crippen molar-refractivity contribution < 1.29 is 4.79 Å². The number of hydrogen-bond acceptors (Lipinski definition) is 2. The molecule has 138 valence electrons. The molecule has 24 heavy (non-hydrogen) atoms. The molecule has 0 heterocycles. The van der Waals surface area contributed by atoms with E-state index in [1.807, 2.05) is 6.92 Å². The summed E-state index contributed by atoms with van der Waals surface area (Å²) in [6.45, 7) is 6.54. The molecular weight excluding hydrogens is 294 g/mol. The summed E-state index contributed by atoms with van der Waals surface area (Å²) in [4.78, 5) is 11.3. The first kappa shape index (κ1) is 21.2. The van der Waals surface area contributed by atoms with Gasteiger partial charge in [0.25, 0.3) is 0 Å². The van der Waals surface area contributed by atoms with Gasteiger partial charge in [-0.05, 0) is 43.4 Å². The SMILES string of the molecule is CCCCC(CCCC(C#N)(C=O)CC)C1CCC(CCC)CC1. The van der Waals surface area contributed by atoms with Crippen molar-refractivity contribution in [1.82, 2.24) is 0 Å². The maximum absolute atomic E-state index is 11.3. The maximum Gasteiger partial charge on any atom is 0.140 e. The van der Waals surface area contributed by atoms with Gasteiger partial charge in [-0.3, -0.25) is 0 Å². The smallest absolute Gasteiger partial charge is 0.140 e. The monoisotopic (exact) mass is 333 g/mol. The van der Waals surface area contributed by atoms with Crippen LogP contribution in [0, 0.1) is 34.5 Å². The molecule has 1 saturated carbocycles. The zero-order valence-electron chi connectivity index (χ0n) is 16.4. The summed E-state index contributed by atoms with van der Waals surface area (Å²) in [5.74, 6) is 2.67. The summed E-state index contributed by atoms with van der Waals surface area (Å²) >= 11 is 0. The Morgan fingerprint density at radius 1 is 1.08 bits per heavy atom. The first-order chi connectivity index (χ1) is 11.6. The summed E-state index contributed by atoms with van der Waals surface area (Å²) in [5.41, 5.74) is -0.728. The van der Waals surface area contributed by atoms with Gasteiger partial charge in [0.2, 0.25) is 0 Å². The third-order valence-electron chi connectivity index (χ3n) is 6.46. The number of nitriles is 1. The number of unbranched alkanes of at least 4 members (excludes halogenated alkanes) is 1. The van der Waals surface area contributed by atoms with Crippen LogP contribution in [0.2, 0.25) is 0 Å². The lowest BCUT2D eigenvalue weighted by molar-refractivity contribution is -0.114. The van der Waals surface area contributed by atoms with Crippen LogP contribution in [0.25, 0.3) is 0 Å². The zero-order valence-corrected chi connectivity index (χ0v) is 16.4. The molecule has 0 amide bonds. The molecular formula is C22H39NO. The molecule has 0 saturated heterocycles. The molecule has 0 aromatic rings. The molecule has 1 aliphatic carbocycles. The molecule has 0 bridgehead atoms. The first-order valence-corrected chi connectivity index (χ1v) is 10.5. The Bertz CT molecular complexity index is 378. The van der Waals surface area contributed by atoms with Gasteiger partial charge in [-0.2, -0.15) is 5.26 Å². The normalized spacial score (nSPS) is 24.8. The van der Waals surface area contributed by atoms with Crippen LogP contribution >= 0.6 is 0 Å². The van der Waals surface area contributed by atoms with Gasteiger partial charge in [0, 0.05) is 0 Å². The molecule has 1 rings (SSSR count). The fraction of sp³-hybridized carbons (Fsp3) is 0.909. The topological polar surface area (TPSA) is 40.9 Å². The molecule has 2 nitrogen and oxygen atoms in total. The molecule has 1 aliphatic rings. The average Bonchev–Trinajstić information content (AvgIpc) is 2.63. The number of rotatable bonds is 12. The van der Waals surface area contributed by atoms with E-state index in [-0.39, 0.29) is 0 Å². The Morgan fingerprint density at radius 2 is 1.75 bits per heavy atom. The van der Waals surface area contributed by atoms with Gasteiger partial charge in [-0.15, -0.1) is 0 Å². The van der Waals surface area contributed by atoms with Crippen molar-refractivity contribution in [3.8, 4) is 6.07 Å². The Morgan fingerprint density at radius 3 is 2.25 bits per heavy atom. The molecule has 1 fully saturated rings. The Balaban J connectivity index is 2.51. The molecule has 0 aromatic heterocycles. The molecule has 2 unspecified atom stereocenters. The average molecular weight is 334 g/mol. The van der Waals surface area contributed by atoms with Crippen molar-refractivity contribution in [3.63, 3.8) is 0 Å². The number of carbonyl (C=O) groups is 1. The molecule has 0 aliphatic heterocycles. The Hall–Kier alpha value is -0.840.